The van der Waals surface area contributed by atoms with Crippen LogP contribution in [0.3, 0.4) is 0 Å². The zero-order valence-electron chi connectivity index (χ0n) is 10.5. The van der Waals surface area contributed by atoms with Gasteiger partial charge >= 0.3 is 0 Å². The third kappa shape index (κ3) is 2.60. The number of amides is 1. The van der Waals surface area contributed by atoms with Crippen LogP contribution >= 0.6 is 0 Å². The fourth-order valence-electron chi connectivity index (χ4n) is 2.44. The lowest BCUT2D eigenvalue weighted by Crippen LogP contribution is -2.27. The van der Waals surface area contributed by atoms with Gasteiger partial charge in [-0.1, -0.05) is 12.1 Å². The summed E-state index contributed by atoms with van der Waals surface area (Å²) in [5.41, 5.74) is 1.21. The van der Waals surface area contributed by atoms with Crippen molar-refractivity contribution in [3.63, 3.8) is 0 Å². The Balaban J connectivity index is 2.13. The normalized spacial score (nSPS) is 19.4. The van der Waals surface area contributed by atoms with Crippen molar-refractivity contribution in [2.45, 2.75) is 32.7 Å². The third-order valence-electron chi connectivity index (χ3n) is 3.23. The highest BCUT2D eigenvalue weighted by Crippen LogP contribution is 2.32. The third-order valence-corrected chi connectivity index (χ3v) is 3.23. The predicted octanol–water partition coefficient (Wildman–Crippen LogP) is 2.77. The first-order chi connectivity index (χ1) is 8.22. The van der Waals surface area contributed by atoms with Crippen LogP contribution in [0.1, 0.15) is 38.3 Å². The van der Waals surface area contributed by atoms with Crippen molar-refractivity contribution in [3.8, 4) is 5.75 Å². The molecule has 1 fully saturated rings. The SMILES string of the molecule is CCOc1ccc(C2CCCN2C(C)=O)cc1. The molecule has 1 aliphatic rings. The number of ether oxygens (including phenoxy) is 1. The fraction of sp³-hybridized carbons (Fsp3) is 0.500. The lowest BCUT2D eigenvalue weighted by atomic mass is 10.0. The van der Waals surface area contributed by atoms with Crippen LogP contribution in [0, 0.1) is 0 Å². The number of carbonyl (C=O) groups is 1. The number of carbonyl (C=O) groups excluding carboxylic acids is 1. The average Bonchev–Trinajstić information content (AvgIpc) is 2.79. The Kier molecular flexibility index (Phi) is 3.67. The van der Waals surface area contributed by atoms with Crippen LogP contribution in [-0.2, 0) is 4.79 Å². The second-order valence-corrected chi connectivity index (χ2v) is 4.37. The van der Waals surface area contributed by atoms with Crippen LogP contribution < -0.4 is 4.74 Å². The van der Waals surface area contributed by atoms with Gasteiger partial charge in [-0.2, -0.15) is 0 Å². The van der Waals surface area contributed by atoms with E-state index in [1.54, 1.807) is 6.92 Å². The van der Waals surface area contributed by atoms with Gasteiger partial charge in [-0.05, 0) is 37.5 Å². The Labute approximate surface area is 102 Å². The molecule has 17 heavy (non-hydrogen) atoms. The molecule has 0 N–H and O–H groups in total. The number of likely N-dealkylation sites (tertiary alicyclic amines) is 1. The standard InChI is InChI=1S/C14H19NO2/c1-3-17-13-8-6-12(7-9-13)14-5-4-10-15(14)11(2)16/h6-9,14H,3-5,10H2,1-2H3. The second-order valence-electron chi connectivity index (χ2n) is 4.37. The van der Waals surface area contributed by atoms with Gasteiger partial charge in [-0.25, -0.2) is 0 Å². The Morgan fingerprint density at radius 2 is 2.12 bits per heavy atom. The molecule has 3 heteroatoms. The molecule has 0 aromatic heterocycles. The molecule has 1 aromatic rings. The first kappa shape index (κ1) is 12.0. The maximum Gasteiger partial charge on any atom is 0.219 e. The van der Waals surface area contributed by atoms with E-state index < -0.39 is 0 Å². The van der Waals surface area contributed by atoms with Crippen LogP contribution in [0.25, 0.3) is 0 Å². The van der Waals surface area contributed by atoms with Crippen molar-refractivity contribution >= 4 is 5.91 Å². The largest absolute Gasteiger partial charge is 0.494 e. The topological polar surface area (TPSA) is 29.5 Å². The Hall–Kier alpha value is -1.51. The smallest absolute Gasteiger partial charge is 0.219 e. The molecule has 0 radical (unpaired) electrons. The van der Waals surface area contributed by atoms with Gasteiger partial charge in [0.2, 0.25) is 5.91 Å². The Bertz CT molecular complexity index is 386. The molecule has 1 amide bonds. The van der Waals surface area contributed by atoms with Gasteiger partial charge in [0.25, 0.3) is 0 Å². The van der Waals surface area contributed by atoms with Gasteiger partial charge in [0.05, 0.1) is 12.6 Å². The quantitative estimate of drug-likeness (QED) is 0.803. The monoisotopic (exact) mass is 233 g/mol. The summed E-state index contributed by atoms with van der Waals surface area (Å²) in [6.07, 6.45) is 2.16. The number of hydrogen-bond acceptors (Lipinski definition) is 2. The van der Waals surface area contributed by atoms with E-state index in [1.807, 2.05) is 24.0 Å². The van der Waals surface area contributed by atoms with Gasteiger partial charge in [0, 0.05) is 13.5 Å². The van der Waals surface area contributed by atoms with Gasteiger partial charge < -0.3 is 9.64 Å². The van der Waals surface area contributed by atoms with E-state index in [-0.39, 0.29) is 11.9 Å². The van der Waals surface area contributed by atoms with E-state index in [2.05, 4.69) is 12.1 Å². The molecule has 1 unspecified atom stereocenters. The van der Waals surface area contributed by atoms with Crippen molar-refractivity contribution in [3.05, 3.63) is 29.8 Å². The number of nitrogens with zero attached hydrogens (tertiary/aromatic N) is 1. The van der Waals surface area contributed by atoms with Crippen LogP contribution in [-0.4, -0.2) is 24.0 Å². The van der Waals surface area contributed by atoms with E-state index in [0.717, 1.165) is 25.1 Å². The molecular weight excluding hydrogens is 214 g/mol. The molecule has 1 aliphatic heterocycles. The molecule has 1 atom stereocenters. The molecule has 92 valence electrons. The average molecular weight is 233 g/mol. The van der Waals surface area contributed by atoms with Crippen LogP contribution in [0.15, 0.2) is 24.3 Å². The molecule has 0 aliphatic carbocycles. The highest BCUT2D eigenvalue weighted by molar-refractivity contribution is 5.74. The molecular formula is C14H19NO2. The molecule has 1 saturated heterocycles. The summed E-state index contributed by atoms with van der Waals surface area (Å²) in [5, 5.41) is 0. The fourth-order valence-corrected chi connectivity index (χ4v) is 2.44. The van der Waals surface area contributed by atoms with E-state index in [4.69, 9.17) is 4.74 Å². The highest BCUT2D eigenvalue weighted by Gasteiger charge is 2.27. The molecule has 0 bridgehead atoms. The van der Waals surface area contributed by atoms with Crippen molar-refractivity contribution in [1.82, 2.24) is 4.90 Å². The molecule has 0 saturated carbocycles. The number of benzene rings is 1. The lowest BCUT2D eigenvalue weighted by molar-refractivity contribution is -0.129. The van der Waals surface area contributed by atoms with Crippen molar-refractivity contribution < 1.29 is 9.53 Å². The van der Waals surface area contributed by atoms with E-state index in [0.29, 0.717) is 6.61 Å². The summed E-state index contributed by atoms with van der Waals surface area (Å²) in [4.78, 5) is 13.5. The Morgan fingerprint density at radius 1 is 1.41 bits per heavy atom. The minimum atomic E-state index is 0.168. The van der Waals surface area contributed by atoms with Gasteiger partial charge in [-0.3, -0.25) is 4.79 Å². The summed E-state index contributed by atoms with van der Waals surface area (Å²) in [5.74, 6) is 1.06. The van der Waals surface area contributed by atoms with E-state index in [1.165, 1.54) is 5.56 Å². The minimum Gasteiger partial charge on any atom is -0.494 e. The molecule has 2 rings (SSSR count). The van der Waals surface area contributed by atoms with Crippen LogP contribution in [0.4, 0.5) is 0 Å². The first-order valence-corrected chi connectivity index (χ1v) is 6.22. The van der Waals surface area contributed by atoms with Crippen molar-refractivity contribution in [1.29, 1.82) is 0 Å². The first-order valence-electron chi connectivity index (χ1n) is 6.22. The highest BCUT2D eigenvalue weighted by atomic mass is 16.5. The van der Waals surface area contributed by atoms with Gasteiger partial charge in [0.1, 0.15) is 5.75 Å². The minimum absolute atomic E-state index is 0.168. The zero-order chi connectivity index (χ0) is 12.3. The summed E-state index contributed by atoms with van der Waals surface area (Å²) in [7, 11) is 0. The van der Waals surface area contributed by atoms with E-state index >= 15 is 0 Å². The second kappa shape index (κ2) is 5.21. The Morgan fingerprint density at radius 3 is 2.71 bits per heavy atom. The van der Waals surface area contributed by atoms with Crippen LogP contribution in [0.5, 0.6) is 5.75 Å². The predicted molar refractivity (Wildman–Crippen MR) is 67.0 cm³/mol. The molecule has 1 heterocycles. The summed E-state index contributed by atoms with van der Waals surface area (Å²) in [6, 6.07) is 8.35. The lowest BCUT2D eigenvalue weighted by Gasteiger charge is -2.23. The summed E-state index contributed by atoms with van der Waals surface area (Å²) >= 11 is 0. The van der Waals surface area contributed by atoms with E-state index in [9.17, 15) is 4.79 Å². The van der Waals surface area contributed by atoms with Crippen LogP contribution in [0.2, 0.25) is 0 Å². The number of rotatable bonds is 3. The number of hydrogen-bond donors (Lipinski definition) is 0. The molecule has 3 nitrogen and oxygen atoms in total. The van der Waals surface area contributed by atoms with Gasteiger partial charge in [-0.15, -0.1) is 0 Å². The zero-order valence-corrected chi connectivity index (χ0v) is 10.5. The van der Waals surface area contributed by atoms with Crippen molar-refractivity contribution in [2.24, 2.45) is 0 Å². The summed E-state index contributed by atoms with van der Waals surface area (Å²) in [6.45, 7) is 5.19. The molecule has 0 spiro atoms. The maximum atomic E-state index is 11.5. The summed E-state index contributed by atoms with van der Waals surface area (Å²) < 4.78 is 5.42. The van der Waals surface area contributed by atoms with Gasteiger partial charge in [0.15, 0.2) is 0 Å². The van der Waals surface area contributed by atoms with Crippen molar-refractivity contribution in [2.75, 3.05) is 13.2 Å². The maximum absolute atomic E-state index is 11.5. The molecule has 1 aromatic carbocycles.